The summed E-state index contributed by atoms with van der Waals surface area (Å²) in [6, 6.07) is 18.5. The van der Waals surface area contributed by atoms with E-state index in [2.05, 4.69) is 35.4 Å². The highest BCUT2D eigenvalue weighted by Crippen LogP contribution is 2.28. The lowest BCUT2D eigenvalue weighted by molar-refractivity contribution is 0.362. The fourth-order valence-electron chi connectivity index (χ4n) is 3.07. The van der Waals surface area contributed by atoms with Crippen molar-refractivity contribution in [2.24, 2.45) is 0 Å². The zero-order valence-electron chi connectivity index (χ0n) is 12.8. The molecule has 1 aliphatic heterocycles. The fourth-order valence-corrected chi connectivity index (χ4v) is 3.07. The number of hydrogen-bond acceptors (Lipinski definition) is 4. The van der Waals surface area contributed by atoms with Crippen LogP contribution in [0.1, 0.15) is 0 Å². The van der Waals surface area contributed by atoms with Crippen LogP contribution in [0.15, 0.2) is 54.6 Å². The average molecular weight is 303 g/mol. The van der Waals surface area contributed by atoms with Crippen molar-refractivity contribution in [1.29, 1.82) is 5.26 Å². The largest absolute Gasteiger partial charge is 0.351 e. The standard InChI is InChI=1S/C18H17N5/c19-14-21-10-12-22(13-11-21)18-16-8-4-5-9-17(16)23(20-18)15-6-2-1-3-7-15/h1-9H,10-13H2. The lowest BCUT2D eigenvalue weighted by Crippen LogP contribution is -2.44. The van der Waals surface area contributed by atoms with Crippen LogP contribution in [-0.4, -0.2) is 40.9 Å². The number of benzene rings is 2. The maximum Gasteiger partial charge on any atom is 0.179 e. The van der Waals surface area contributed by atoms with Gasteiger partial charge in [-0.15, -0.1) is 5.10 Å². The third-order valence-corrected chi connectivity index (χ3v) is 4.29. The van der Waals surface area contributed by atoms with Gasteiger partial charge in [-0.3, -0.25) is 0 Å². The monoisotopic (exact) mass is 303 g/mol. The first-order valence-electron chi connectivity index (χ1n) is 7.79. The van der Waals surface area contributed by atoms with Gasteiger partial charge in [-0.25, -0.2) is 4.68 Å². The second-order valence-electron chi connectivity index (χ2n) is 5.66. The molecule has 0 bridgehead atoms. The molecule has 5 nitrogen and oxygen atoms in total. The van der Waals surface area contributed by atoms with Crippen LogP contribution < -0.4 is 4.90 Å². The summed E-state index contributed by atoms with van der Waals surface area (Å²) in [6.07, 6.45) is 2.23. The maximum absolute atomic E-state index is 9.01. The van der Waals surface area contributed by atoms with Gasteiger partial charge in [0.2, 0.25) is 0 Å². The van der Waals surface area contributed by atoms with Gasteiger partial charge in [0.25, 0.3) is 0 Å². The molecule has 1 aromatic heterocycles. The van der Waals surface area contributed by atoms with E-state index in [1.54, 1.807) is 4.90 Å². The Morgan fingerprint density at radius 2 is 1.57 bits per heavy atom. The molecule has 0 N–H and O–H groups in total. The number of hydrogen-bond donors (Lipinski definition) is 0. The molecule has 1 saturated heterocycles. The summed E-state index contributed by atoms with van der Waals surface area (Å²) in [5, 5.41) is 15.0. The van der Waals surface area contributed by atoms with Gasteiger partial charge < -0.3 is 9.80 Å². The second kappa shape index (κ2) is 5.65. The zero-order valence-corrected chi connectivity index (χ0v) is 12.8. The zero-order chi connectivity index (χ0) is 15.6. The summed E-state index contributed by atoms with van der Waals surface area (Å²) in [4.78, 5) is 4.07. The topological polar surface area (TPSA) is 48.1 Å². The minimum Gasteiger partial charge on any atom is -0.351 e. The van der Waals surface area contributed by atoms with Crippen molar-refractivity contribution in [3.63, 3.8) is 0 Å². The highest BCUT2D eigenvalue weighted by molar-refractivity contribution is 5.91. The molecule has 0 unspecified atom stereocenters. The summed E-state index contributed by atoms with van der Waals surface area (Å²) in [5.74, 6) is 1.00. The highest BCUT2D eigenvalue weighted by Gasteiger charge is 2.21. The number of nitrogens with zero attached hydrogens (tertiary/aromatic N) is 5. The van der Waals surface area contributed by atoms with Crippen LogP contribution in [0.4, 0.5) is 5.82 Å². The number of nitriles is 1. The van der Waals surface area contributed by atoms with Crippen molar-refractivity contribution in [1.82, 2.24) is 14.7 Å². The minimum absolute atomic E-state index is 0.753. The van der Waals surface area contributed by atoms with Crippen molar-refractivity contribution in [2.45, 2.75) is 0 Å². The Labute approximate surface area is 135 Å². The van der Waals surface area contributed by atoms with E-state index in [9.17, 15) is 0 Å². The number of aromatic nitrogens is 2. The first-order chi connectivity index (χ1) is 11.4. The molecule has 0 amide bonds. The molecular formula is C18H17N5. The molecule has 2 aromatic carbocycles. The number of rotatable bonds is 2. The van der Waals surface area contributed by atoms with Crippen LogP contribution in [0.3, 0.4) is 0 Å². The average Bonchev–Trinajstić information content (AvgIpc) is 3.02. The molecule has 114 valence electrons. The van der Waals surface area contributed by atoms with Gasteiger partial charge in [-0.05, 0) is 24.3 Å². The predicted octanol–water partition coefficient (Wildman–Crippen LogP) is 2.63. The van der Waals surface area contributed by atoms with E-state index in [0.29, 0.717) is 0 Å². The molecule has 2 heterocycles. The molecule has 1 aliphatic rings. The summed E-state index contributed by atoms with van der Waals surface area (Å²) < 4.78 is 2.00. The Kier molecular flexibility index (Phi) is 3.35. The van der Waals surface area contributed by atoms with Gasteiger partial charge in [0.05, 0.1) is 11.2 Å². The molecule has 4 rings (SSSR count). The number of piperazine rings is 1. The molecule has 0 spiro atoms. The summed E-state index contributed by atoms with van der Waals surface area (Å²) >= 11 is 0. The quantitative estimate of drug-likeness (QED) is 0.683. The smallest absolute Gasteiger partial charge is 0.179 e. The van der Waals surface area contributed by atoms with Crippen molar-refractivity contribution >= 4 is 16.7 Å². The molecular weight excluding hydrogens is 286 g/mol. The Morgan fingerprint density at radius 1 is 0.870 bits per heavy atom. The van der Waals surface area contributed by atoms with E-state index < -0.39 is 0 Å². The van der Waals surface area contributed by atoms with E-state index in [1.165, 1.54) is 0 Å². The summed E-state index contributed by atoms with van der Waals surface area (Å²) in [7, 11) is 0. The van der Waals surface area contributed by atoms with Crippen molar-refractivity contribution in [3.05, 3.63) is 54.6 Å². The Morgan fingerprint density at radius 3 is 2.30 bits per heavy atom. The molecule has 0 saturated carbocycles. The van der Waals surface area contributed by atoms with Crippen molar-refractivity contribution in [3.8, 4) is 11.9 Å². The van der Waals surface area contributed by atoms with Gasteiger partial charge in [0.1, 0.15) is 0 Å². The minimum atomic E-state index is 0.753. The molecule has 0 aliphatic carbocycles. The molecule has 5 heteroatoms. The molecule has 0 atom stereocenters. The van der Waals surface area contributed by atoms with E-state index in [1.807, 2.05) is 35.0 Å². The van der Waals surface area contributed by atoms with Crippen LogP contribution in [0.25, 0.3) is 16.6 Å². The second-order valence-corrected chi connectivity index (χ2v) is 5.66. The van der Waals surface area contributed by atoms with Gasteiger partial charge in [0.15, 0.2) is 12.0 Å². The van der Waals surface area contributed by atoms with E-state index in [-0.39, 0.29) is 0 Å². The normalized spacial score (nSPS) is 14.9. The Balaban J connectivity index is 1.78. The number of anilines is 1. The Hall–Kier alpha value is -3.00. The van der Waals surface area contributed by atoms with Crippen molar-refractivity contribution in [2.75, 3.05) is 31.1 Å². The van der Waals surface area contributed by atoms with Crippen LogP contribution in [0.2, 0.25) is 0 Å². The predicted molar refractivity (Wildman–Crippen MR) is 90.5 cm³/mol. The van der Waals surface area contributed by atoms with Crippen LogP contribution in [0.5, 0.6) is 0 Å². The molecule has 23 heavy (non-hydrogen) atoms. The van der Waals surface area contributed by atoms with Crippen LogP contribution in [0, 0.1) is 11.5 Å². The van der Waals surface area contributed by atoms with Gasteiger partial charge in [-0.1, -0.05) is 30.3 Å². The van der Waals surface area contributed by atoms with E-state index >= 15 is 0 Å². The highest BCUT2D eigenvalue weighted by atomic mass is 15.4. The van der Waals surface area contributed by atoms with Crippen LogP contribution in [-0.2, 0) is 0 Å². The van der Waals surface area contributed by atoms with Crippen molar-refractivity contribution < 1.29 is 0 Å². The number of para-hydroxylation sites is 2. The lowest BCUT2D eigenvalue weighted by atomic mass is 10.2. The van der Waals surface area contributed by atoms with E-state index in [0.717, 1.165) is 48.6 Å². The third-order valence-electron chi connectivity index (χ3n) is 4.29. The molecule has 0 radical (unpaired) electrons. The first-order valence-corrected chi connectivity index (χ1v) is 7.79. The SMILES string of the molecule is N#CN1CCN(c2nn(-c3ccccc3)c3ccccc23)CC1. The van der Waals surface area contributed by atoms with E-state index in [4.69, 9.17) is 10.4 Å². The fraction of sp³-hybridized carbons (Fsp3) is 0.222. The first kappa shape index (κ1) is 13.6. The third kappa shape index (κ3) is 2.38. The van der Waals surface area contributed by atoms with Crippen LogP contribution >= 0.6 is 0 Å². The van der Waals surface area contributed by atoms with Gasteiger partial charge in [-0.2, -0.15) is 5.26 Å². The Bertz CT molecular complexity index is 854. The molecule has 3 aromatic rings. The van der Waals surface area contributed by atoms with Gasteiger partial charge in [0, 0.05) is 31.6 Å². The lowest BCUT2D eigenvalue weighted by Gasteiger charge is -2.31. The molecule has 1 fully saturated rings. The summed E-state index contributed by atoms with van der Waals surface area (Å²) in [5.41, 5.74) is 2.17. The summed E-state index contributed by atoms with van der Waals surface area (Å²) in [6.45, 7) is 3.15. The number of fused-ring (bicyclic) bond motifs is 1. The maximum atomic E-state index is 9.01. The van der Waals surface area contributed by atoms with Gasteiger partial charge >= 0.3 is 0 Å².